The number of fused-ring (bicyclic) bond motifs is 1. The molecule has 2 aliphatic rings. The Balaban J connectivity index is 0.00000400. The zero-order chi connectivity index (χ0) is 26.4. The van der Waals surface area contributed by atoms with Crippen molar-refractivity contribution in [3.8, 4) is 0 Å². The van der Waals surface area contributed by atoms with E-state index in [1.165, 1.54) is 17.7 Å². The van der Waals surface area contributed by atoms with E-state index in [-0.39, 0.29) is 26.2 Å². The number of nitrogens with zero attached hydrogens (tertiary/aromatic N) is 2. The number of hydrogen-bond acceptors (Lipinski definition) is 6. The zero-order valence-corrected chi connectivity index (χ0v) is 22.2. The molecule has 1 fully saturated rings. The van der Waals surface area contributed by atoms with Gasteiger partial charge in [-0.2, -0.15) is 0 Å². The fraction of sp³-hybridized carbons (Fsp3) is 0.600. The van der Waals surface area contributed by atoms with Crippen LogP contribution in [-0.2, 0) is 33.7 Å². The van der Waals surface area contributed by atoms with Gasteiger partial charge in [-0.15, -0.1) is 0 Å². The van der Waals surface area contributed by atoms with Gasteiger partial charge in [0.2, 0.25) is 0 Å². The fourth-order valence-electron chi connectivity index (χ4n) is 5.15. The van der Waals surface area contributed by atoms with Gasteiger partial charge in [0.05, 0.1) is 18.8 Å². The number of benzene rings is 1. The molecule has 0 bridgehead atoms. The number of anilines is 1. The third kappa shape index (κ3) is 7.98. The zero-order valence-electron chi connectivity index (χ0n) is 22.2. The minimum Gasteiger partial charge on any atom is -0.480 e. The summed E-state index contributed by atoms with van der Waals surface area (Å²) in [5, 5.41) is 13.5. The summed E-state index contributed by atoms with van der Waals surface area (Å²) in [4.78, 5) is 19.0. The number of ether oxygens (including phenoxy) is 2. The average molecular weight is 530 g/mol. The first-order valence-corrected chi connectivity index (χ1v) is 13.5. The molecule has 2 unspecified atom stereocenters. The van der Waals surface area contributed by atoms with Crippen molar-refractivity contribution in [2.75, 3.05) is 25.0 Å². The molecule has 2 N–H and O–H groups in total. The van der Waals surface area contributed by atoms with Crippen molar-refractivity contribution in [2.24, 2.45) is 0 Å². The number of aryl methyl sites for hydroxylation is 2. The van der Waals surface area contributed by atoms with Gasteiger partial charge in [-0.1, -0.05) is 19.6 Å². The molecule has 38 heavy (non-hydrogen) atoms. The Morgan fingerprint density at radius 2 is 2.05 bits per heavy atom. The van der Waals surface area contributed by atoms with E-state index in [2.05, 4.69) is 24.4 Å². The van der Waals surface area contributed by atoms with Crippen molar-refractivity contribution in [3.63, 3.8) is 0 Å². The lowest BCUT2D eigenvalue weighted by Gasteiger charge is -2.26. The van der Waals surface area contributed by atoms with Crippen molar-refractivity contribution in [1.29, 1.82) is 0 Å². The van der Waals surface area contributed by atoms with E-state index in [0.29, 0.717) is 36.9 Å². The van der Waals surface area contributed by atoms with E-state index < -0.39 is 17.8 Å². The van der Waals surface area contributed by atoms with Gasteiger partial charge < -0.3 is 19.9 Å². The summed E-state index contributed by atoms with van der Waals surface area (Å²) < 4.78 is 25.9. The molecule has 4 rings (SSSR count). The number of unbranched alkanes of at least 4 members (excludes halogenated alkanes) is 1. The molecule has 0 spiro atoms. The third-order valence-corrected chi connectivity index (χ3v) is 7.20. The molecule has 2 aromatic rings. The maximum Gasteiger partial charge on any atom is 0.325 e. The maximum atomic E-state index is 14.1. The van der Waals surface area contributed by atoms with Gasteiger partial charge >= 0.3 is 5.97 Å². The van der Waals surface area contributed by atoms with E-state index in [1.807, 2.05) is 18.7 Å². The highest BCUT2D eigenvalue weighted by Gasteiger charge is 2.35. The second-order valence-electron chi connectivity index (χ2n) is 10.6. The van der Waals surface area contributed by atoms with Crippen LogP contribution in [0.25, 0.3) is 0 Å². The molecule has 1 saturated heterocycles. The lowest BCUT2D eigenvalue weighted by molar-refractivity contribution is -0.143. The van der Waals surface area contributed by atoms with Crippen LogP contribution in [0.5, 0.6) is 0 Å². The third-order valence-electron chi connectivity index (χ3n) is 7.20. The monoisotopic (exact) mass is 529 g/mol. The number of likely N-dealkylation sites (tertiary alicyclic amines) is 1. The number of carboxylic acids is 1. The first-order valence-electron chi connectivity index (χ1n) is 13.5. The summed E-state index contributed by atoms with van der Waals surface area (Å²) in [6, 6.07) is 8.17. The van der Waals surface area contributed by atoms with Crippen LogP contribution < -0.4 is 5.32 Å². The van der Waals surface area contributed by atoms with Crippen LogP contribution in [0, 0.1) is 5.82 Å². The van der Waals surface area contributed by atoms with E-state index in [1.54, 1.807) is 6.07 Å². The van der Waals surface area contributed by atoms with Crippen molar-refractivity contribution >= 4 is 11.8 Å². The highest BCUT2D eigenvalue weighted by atomic mass is 19.1. The molecule has 1 aromatic heterocycles. The average Bonchev–Trinajstić information content (AvgIpc) is 3.31. The number of aromatic nitrogens is 1. The highest BCUT2D eigenvalue weighted by Crippen LogP contribution is 2.30. The van der Waals surface area contributed by atoms with Crippen LogP contribution in [0.1, 0.15) is 82.3 Å². The van der Waals surface area contributed by atoms with Crippen molar-refractivity contribution < 1.29 is 23.8 Å². The number of rotatable bonds is 12. The number of carbonyl (C=O) groups is 1. The molecule has 1 aromatic carbocycles. The molecular formula is C30H44FN3O4. The van der Waals surface area contributed by atoms with Crippen LogP contribution in [-0.4, -0.2) is 58.9 Å². The van der Waals surface area contributed by atoms with Crippen LogP contribution in [0.15, 0.2) is 30.3 Å². The Morgan fingerprint density at radius 3 is 2.82 bits per heavy atom. The van der Waals surface area contributed by atoms with Crippen molar-refractivity contribution in [3.05, 3.63) is 58.5 Å². The topological polar surface area (TPSA) is 83.9 Å². The molecular weight excluding hydrogens is 485 g/mol. The van der Waals surface area contributed by atoms with Gasteiger partial charge in [0.1, 0.15) is 17.7 Å². The number of carboxylic acid groups (broad SMARTS) is 1. The minimum absolute atomic E-state index is 0. The van der Waals surface area contributed by atoms with Crippen LogP contribution in [0.3, 0.4) is 0 Å². The summed E-state index contributed by atoms with van der Waals surface area (Å²) >= 11 is 0. The summed E-state index contributed by atoms with van der Waals surface area (Å²) in [5.74, 6) is -0.400. The van der Waals surface area contributed by atoms with E-state index in [9.17, 15) is 14.3 Å². The van der Waals surface area contributed by atoms with E-state index >= 15 is 0 Å². The molecule has 2 aliphatic heterocycles. The van der Waals surface area contributed by atoms with Gasteiger partial charge in [0, 0.05) is 31.4 Å². The van der Waals surface area contributed by atoms with Crippen molar-refractivity contribution in [1.82, 2.24) is 9.88 Å². The van der Waals surface area contributed by atoms with Gasteiger partial charge in [-0.3, -0.25) is 9.69 Å². The Kier molecular flexibility index (Phi) is 11.1. The normalized spacial score (nSPS) is 20.0. The molecule has 7 nitrogen and oxygen atoms in total. The lowest BCUT2D eigenvalue weighted by Crippen LogP contribution is -2.34. The number of aliphatic carboxylic acids is 1. The van der Waals surface area contributed by atoms with E-state index in [4.69, 9.17) is 14.5 Å². The van der Waals surface area contributed by atoms with Crippen LogP contribution >= 0.6 is 0 Å². The standard InChI is InChI=1S/C29H40FN3O4.CH4/c1-19(2)37-18-22-9-11-23(30)16-26(22)27(29(34)35)33-14-13-25(17-33)36-15-5-4-6-24-12-10-21-8-7-20(3)31-28(21)32-24;/h9-12,16,19-20,25,27H,4-8,13-15,17-18H2,1-3H3,(H,31,32)(H,34,35);1H4/t20?,25-,27?;/m1./s1. The predicted octanol–water partition coefficient (Wildman–Crippen LogP) is 5.77. The fourth-order valence-corrected chi connectivity index (χ4v) is 5.15. The van der Waals surface area contributed by atoms with Gasteiger partial charge in [0.25, 0.3) is 0 Å². The number of halogens is 1. The predicted molar refractivity (Wildman–Crippen MR) is 148 cm³/mol. The Labute approximate surface area is 226 Å². The molecule has 8 heteroatoms. The molecule has 3 atom stereocenters. The molecule has 3 heterocycles. The lowest BCUT2D eigenvalue weighted by atomic mass is 9.99. The highest BCUT2D eigenvalue weighted by molar-refractivity contribution is 5.76. The molecule has 0 amide bonds. The van der Waals surface area contributed by atoms with Crippen LogP contribution in [0.2, 0.25) is 0 Å². The van der Waals surface area contributed by atoms with Gasteiger partial charge in [-0.05, 0) is 94.2 Å². The first kappa shape index (κ1) is 30.0. The van der Waals surface area contributed by atoms with E-state index in [0.717, 1.165) is 50.0 Å². The van der Waals surface area contributed by atoms with Gasteiger partial charge in [0.15, 0.2) is 0 Å². The largest absolute Gasteiger partial charge is 0.480 e. The summed E-state index contributed by atoms with van der Waals surface area (Å²) in [6.07, 6.45) is 5.76. The SMILES string of the molecule is C.CC1CCc2ccc(CCCCO[C@@H]3CCN(C(C(=O)O)c4cc(F)ccc4COC(C)C)C3)nc2N1. The Bertz CT molecular complexity index is 1060. The first-order chi connectivity index (χ1) is 17.8. The number of pyridine rings is 1. The number of hydrogen-bond donors (Lipinski definition) is 2. The summed E-state index contributed by atoms with van der Waals surface area (Å²) in [5.41, 5.74) is 3.56. The molecule has 0 saturated carbocycles. The molecule has 210 valence electrons. The Hall–Kier alpha value is -2.55. The second kappa shape index (κ2) is 14.0. The summed E-state index contributed by atoms with van der Waals surface area (Å²) in [7, 11) is 0. The molecule has 0 radical (unpaired) electrons. The quantitative estimate of drug-likeness (QED) is 0.338. The minimum atomic E-state index is -0.988. The van der Waals surface area contributed by atoms with Crippen LogP contribution in [0.4, 0.5) is 10.2 Å². The summed E-state index contributed by atoms with van der Waals surface area (Å²) in [6.45, 7) is 8.00. The van der Waals surface area contributed by atoms with Crippen molar-refractivity contribution in [2.45, 2.75) is 97.6 Å². The number of nitrogens with one attached hydrogen (secondary N) is 1. The Morgan fingerprint density at radius 1 is 1.24 bits per heavy atom. The smallest absolute Gasteiger partial charge is 0.325 e. The molecule has 0 aliphatic carbocycles. The maximum absolute atomic E-state index is 14.1. The second-order valence-corrected chi connectivity index (χ2v) is 10.6. The van der Waals surface area contributed by atoms with Gasteiger partial charge in [-0.25, -0.2) is 9.37 Å².